The molecule has 0 spiro atoms. The van der Waals surface area contributed by atoms with Crippen molar-refractivity contribution in [3.63, 3.8) is 0 Å². The normalized spacial score (nSPS) is 21.8. The number of nitrogens with one attached hydrogen (secondary N) is 1. The Hall–Kier alpha value is -1.60. The third-order valence-electron chi connectivity index (χ3n) is 3.94. The molecule has 1 unspecified atom stereocenters. The first kappa shape index (κ1) is 15.3. The van der Waals surface area contributed by atoms with Crippen LogP contribution in [0.25, 0.3) is 0 Å². The maximum absolute atomic E-state index is 12.1. The van der Waals surface area contributed by atoms with Gasteiger partial charge in [0, 0.05) is 19.1 Å². The highest BCUT2D eigenvalue weighted by molar-refractivity contribution is 7.90. The van der Waals surface area contributed by atoms with Crippen LogP contribution in [-0.2, 0) is 14.8 Å². The van der Waals surface area contributed by atoms with Crippen LogP contribution in [0.15, 0.2) is 30.3 Å². The summed E-state index contributed by atoms with van der Waals surface area (Å²) >= 11 is 0. The van der Waals surface area contributed by atoms with Crippen LogP contribution >= 0.6 is 0 Å². The number of amides is 1. The largest absolute Gasteiger partial charge is 0.484 e. The number of nitrogens with zero attached hydrogens (tertiary/aromatic N) is 1. The second kappa shape index (κ2) is 6.26. The number of benzene rings is 1. The van der Waals surface area contributed by atoms with Gasteiger partial charge in [0.15, 0.2) is 6.61 Å². The second-order valence-corrected chi connectivity index (χ2v) is 7.78. The third kappa shape index (κ3) is 3.78. The summed E-state index contributed by atoms with van der Waals surface area (Å²) < 4.78 is 31.9. The van der Waals surface area contributed by atoms with Crippen LogP contribution in [0.4, 0.5) is 0 Å². The zero-order chi connectivity index (χ0) is 15.6. The molecule has 1 heterocycles. The van der Waals surface area contributed by atoms with E-state index in [0.717, 1.165) is 12.8 Å². The summed E-state index contributed by atoms with van der Waals surface area (Å²) in [6.07, 6.45) is 2.15. The molecule has 0 radical (unpaired) electrons. The van der Waals surface area contributed by atoms with E-state index in [1.54, 1.807) is 17.0 Å². The van der Waals surface area contributed by atoms with Gasteiger partial charge in [-0.1, -0.05) is 18.2 Å². The number of sulfonamides is 1. The first-order valence-corrected chi connectivity index (χ1v) is 9.06. The molecule has 0 aromatic heterocycles. The Morgan fingerprint density at radius 2 is 1.95 bits per heavy atom. The first-order chi connectivity index (χ1) is 10.5. The zero-order valence-electron chi connectivity index (χ0n) is 12.3. The monoisotopic (exact) mass is 324 g/mol. The summed E-state index contributed by atoms with van der Waals surface area (Å²) in [7, 11) is -3.19. The Kier molecular flexibility index (Phi) is 4.35. The van der Waals surface area contributed by atoms with Crippen molar-refractivity contribution in [3.8, 4) is 5.75 Å². The minimum absolute atomic E-state index is 0.0217. The molecule has 1 saturated carbocycles. The smallest absolute Gasteiger partial charge is 0.260 e. The Labute approximate surface area is 130 Å². The number of carbonyl (C=O) groups is 1. The molecule has 1 saturated heterocycles. The fourth-order valence-corrected chi connectivity index (χ4v) is 4.15. The molecular formula is C15H20N2O4S. The fraction of sp³-hybridized carbons (Fsp3) is 0.533. The molecule has 1 atom stereocenters. The molecule has 0 bridgehead atoms. The Bertz CT molecular complexity index is 628. The molecule has 1 aliphatic carbocycles. The van der Waals surface area contributed by atoms with Crippen molar-refractivity contribution in [2.45, 2.75) is 30.6 Å². The van der Waals surface area contributed by atoms with Gasteiger partial charge in [-0.15, -0.1) is 0 Å². The maximum atomic E-state index is 12.1. The van der Waals surface area contributed by atoms with Crippen molar-refractivity contribution in [1.82, 2.24) is 9.62 Å². The van der Waals surface area contributed by atoms with E-state index in [1.807, 2.05) is 18.2 Å². The van der Waals surface area contributed by atoms with Gasteiger partial charge in [0.05, 0.1) is 5.25 Å². The van der Waals surface area contributed by atoms with Crippen LogP contribution in [0, 0.1) is 0 Å². The van der Waals surface area contributed by atoms with Crippen molar-refractivity contribution in [1.29, 1.82) is 0 Å². The highest BCUT2D eigenvalue weighted by Crippen LogP contribution is 2.28. The molecular weight excluding hydrogens is 304 g/mol. The first-order valence-electron chi connectivity index (χ1n) is 7.51. The van der Waals surface area contributed by atoms with Gasteiger partial charge < -0.3 is 9.64 Å². The number of hydrogen-bond donors (Lipinski definition) is 1. The standard InChI is InChI=1S/C15H20N2O4S/c18-15(11-21-13-4-2-1-3-5-13)17-9-8-12(10-17)16-22(19,20)14-6-7-14/h1-5,12,14,16H,6-11H2. The van der Waals surface area contributed by atoms with Gasteiger partial charge in [0.2, 0.25) is 10.0 Å². The summed E-state index contributed by atoms with van der Waals surface area (Å²) in [6.45, 7) is 0.962. The Morgan fingerprint density at radius 1 is 1.23 bits per heavy atom. The second-order valence-electron chi connectivity index (χ2n) is 5.79. The van der Waals surface area contributed by atoms with Crippen molar-refractivity contribution in [3.05, 3.63) is 30.3 Å². The lowest BCUT2D eigenvalue weighted by Gasteiger charge is -2.17. The topological polar surface area (TPSA) is 75.7 Å². The molecule has 2 aliphatic rings. The Morgan fingerprint density at radius 3 is 2.64 bits per heavy atom. The molecule has 1 amide bonds. The highest BCUT2D eigenvalue weighted by atomic mass is 32.2. The van der Waals surface area contributed by atoms with E-state index in [9.17, 15) is 13.2 Å². The van der Waals surface area contributed by atoms with Crippen molar-refractivity contribution in [2.75, 3.05) is 19.7 Å². The summed E-state index contributed by atoms with van der Waals surface area (Å²) in [4.78, 5) is 13.8. The van der Waals surface area contributed by atoms with E-state index in [2.05, 4.69) is 4.72 Å². The van der Waals surface area contributed by atoms with Gasteiger partial charge in [-0.2, -0.15) is 0 Å². The highest BCUT2D eigenvalue weighted by Gasteiger charge is 2.38. The molecule has 1 aliphatic heterocycles. The van der Waals surface area contributed by atoms with Crippen LogP contribution in [0.3, 0.4) is 0 Å². The number of hydrogen-bond acceptors (Lipinski definition) is 4. The summed E-state index contributed by atoms with van der Waals surface area (Å²) in [5.74, 6) is 0.540. The van der Waals surface area contributed by atoms with E-state index in [0.29, 0.717) is 25.3 Å². The van der Waals surface area contributed by atoms with Crippen LogP contribution in [-0.4, -0.2) is 50.2 Å². The number of rotatable bonds is 6. The molecule has 22 heavy (non-hydrogen) atoms. The summed E-state index contributed by atoms with van der Waals surface area (Å²) in [5, 5.41) is -0.223. The van der Waals surface area contributed by atoms with Crippen molar-refractivity contribution < 1.29 is 17.9 Å². The summed E-state index contributed by atoms with van der Waals surface area (Å²) in [5.41, 5.74) is 0. The van der Waals surface area contributed by atoms with Crippen LogP contribution in [0.5, 0.6) is 5.75 Å². The number of likely N-dealkylation sites (tertiary alicyclic amines) is 1. The van der Waals surface area contributed by atoms with Crippen molar-refractivity contribution >= 4 is 15.9 Å². The van der Waals surface area contributed by atoms with Crippen LogP contribution in [0.2, 0.25) is 0 Å². The molecule has 7 heteroatoms. The average Bonchev–Trinajstić information content (AvgIpc) is 3.28. The lowest BCUT2D eigenvalue weighted by Crippen LogP contribution is -2.40. The van der Waals surface area contributed by atoms with Gasteiger partial charge in [0.25, 0.3) is 5.91 Å². The molecule has 120 valence electrons. The van der Waals surface area contributed by atoms with Gasteiger partial charge in [0.1, 0.15) is 5.75 Å². The van der Waals surface area contributed by atoms with Crippen LogP contribution in [0.1, 0.15) is 19.3 Å². The van der Waals surface area contributed by atoms with E-state index in [1.165, 1.54) is 0 Å². The minimum Gasteiger partial charge on any atom is -0.484 e. The predicted molar refractivity (Wildman–Crippen MR) is 82.0 cm³/mol. The molecule has 3 rings (SSSR count). The molecule has 2 fully saturated rings. The molecule has 1 N–H and O–H groups in total. The molecule has 1 aromatic rings. The number of carbonyl (C=O) groups excluding carboxylic acids is 1. The van der Waals surface area contributed by atoms with Gasteiger partial charge in [-0.25, -0.2) is 13.1 Å². The van der Waals surface area contributed by atoms with Gasteiger partial charge in [-0.05, 0) is 31.4 Å². The van der Waals surface area contributed by atoms with Crippen molar-refractivity contribution in [2.24, 2.45) is 0 Å². The SMILES string of the molecule is O=C(COc1ccccc1)N1CCC(NS(=O)(=O)C2CC2)C1. The van der Waals surface area contributed by atoms with E-state index < -0.39 is 10.0 Å². The Balaban J connectivity index is 1.46. The molecule has 6 nitrogen and oxygen atoms in total. The lowest BCUT2D eigenvalue weighted by atomic mass is 10.3. The molecule has 1 aromatic carbocycles. The van der Waals surface area contributed by atoms with E-state index in [4.69, 9.17) is 4.74 Å². The van der Waals surface area contributed by atoms with Crippen LogP contribution < -0.4 is 9.46 Å². The fourth-order valence-electron chi connectivity index (χ4n) is 2.54. The predicted octanol–water partition coefficient (Wildman–Crippen LogP) is 0.748. The van der Waals surface area contributed by atoms with E-state index >= 15 is 0 Å². The third-order valence-corrected chi connectivity index (χ3v) is 5.95. The number of para-hydroxylation sites is 1. The summed E-state index contributed by atoms with van der Waals surface area (Å²) in [6, 6.07) is 8.99. The lowest BCUT2D eigenvalue weighted by molar-refractivity contribution is -0.132. The van der Waals surface area contributed by atoms with Gasteiger partial charge >= 0.3 is 0 Å². The zero-order valence-corrected chi connectivity index (χ0v) is 13.1. The maximum Gasteiger partial charge on any atom is 0.260 e. The van der Waals surface area contributed by atoms with Gasteiger partial charge in [-0.3, -0.25) is 4.79 Å². The average molecular weight is 324 g/mol. The minimum atomic E-state index is -3.19. The quantitative estimate of drug-likeness (QED) is 0.838. The number of ether oxygens (including phenoxy) is 1. The van der Waals surface area contributed by atoms with E-state index in [-0.39, 0.29) is 23.8 Å².